The molecule has 26 heavy (non-hydrogen) atoms. The summed E-state index contributed by atoms with van der Waals surface area (Å²) in [6.45, 7) is 2.03. The molecule has 1 aliphatic heterocycles. The molecule has 0 fully saturated rings. The Morgan fingerprint density at radius 3 is 2.77 bits per heavy atom. The minimum atomic E-state index is -4.05. The smallest absolute Gasteiger partial charge is 0.324 e. The molecule has 0 spiro atoms. The van der Waals surface area contributed by atoms with Crippen LogP contribution in [0.4, 0.5) is 0 Å². The van der Waals surface area contributed by atoms with Crippen LogP contribution in [0, 0.1) is 0 Å². The van der Waals surface area contributed by atoms with Crippen LogP contribution in [0.25, 0.3) is 0 Å². The number of likely N-dealkylation sites (N-methyl/N-ethyl adjacent to an activating group) is 1. The van der Waals surface area contributed by atoms with Crippen molar-refractivity contribution < 1.29 is 14.4 Å². The molecule has 0 aliphatic carbocycles. The highest BCUT2D eigenvalue weighted by Gasteiger charge is 2.27. The molecular weight excluding hydrogens is 394 g/mol. The van der Waals surface area contributed by atoms with Crippen molar-refractivity contribution in [2.45, 2.75) is 19.0 Å². The van der Waals surface area contributed by atoms with Crippen LogP contribution < -0.4 is 5.32 Å². The molecule has 0 amide bonds. The molecule has 140 valence electrons. The Morgan fingerprint density at radius 1 is 1.27 bits per heavy atom. The van der Waals surface area contributed by atoms with Gasteiger partial charge in [-0.25, -0.2) is 0 Å². The lowest BCUT2D eigenvalue weighted by Gasteiger charge is -2.33. The van der Waals surface area contributed by atoms with Gasteiger partial charge < -0.3 is 20.0 Å². The zero-order valence-electron chi connectivity index (χ0n) is 14.3. The fourth-order valence-electron chi connectivity index (χ4n) is 3.40. The van der Waals surface area contributed by atoms with E-state index in [-0.39, 0.29) is 12.2 Å². The van der Waals surface area contributed by atoms with Crippen LogP contribution in [-0.2, 0) is 17.7 Å². The van der Waals surface area contributed by atoms with Gasteiger partial charge in [-0.05, 0) is 41.4 Å². The van der Waals surface area contributed by atoms with Crippen LogP contribution in [0.2, 0.25) is 10.0 Å². The summed E-state index contributed by atoms with van der Waals surface area (Å²) in [6.07, 6.45) is -0.336. The third-order valence-electron chi connectivity index (χ3n) is 4.49. The third kappa shape index (κ3) is 4.87. The van der Waals surface area contributed by atoms with Gasteiger partial charge >= 0.3 is 7.60 Å². The van der Waals surface area contributed by atoms with E-state index in [9.17, 15) is 4.57 Å². The van der Waals surface area contributed by atoms with E-state index in [0.29, 0.717) is 16.6 Å². The molecule has 3 N–H and O–H groups in total. The standard InChI is InChI=1S/C18H21Cl2N2O3P/c1-22-9-16(15-6-14(19)7-18(20)17(15)10-22)13-4-2-3-12(5-13)8-21-11-26(23,24)25/h2-7,16,21H,8-11H2,1H3,(H2,23,24,25). The summed E-state index contributed by atoms with van der Waals surface area (Å²) in [6, 6.07) is 11.8. The number of nitrogens with one attached hydrogen (secondary N) is 1. The quantitative estimate of drug-likeness (QED) is 0.649. The first-order chi connectivity index (χ1) is 12.2. The number of hydrogen-bond acceptors (Lipinski definition) is 3. The highest BCUT2D eigenvalue weighted by atomic mass is 35.5. The predicted octanol–water partition coefficient (Wildman–Crippen LogP) is 3.80. The van der Waals surface area contributed by atoms with Crippen molar-refractivity contribution in [1.29, 1.82) is 0 Å². The Labute approximate surface area is 163 Å². The van der Waals surface area contributed by atoms with Gasteiger partial charge in [0.1, 0.15) is 0 Å². The molecule has 8 heteroatoms. The van der Waals surface area contributed by atoms with Crippen molar-refractivity contribution in [1.82, 2.24) is 10.2 Å². The lowest BCUT2D eigenvalue weighted by atomic mass is 9.84. The second-order valence-corrected chi connectivity index (χ2v) is 9.19. The molecule has 2 aromatic rings. The number of rotatable bonds is 5. The predicted molar refractivity (Wildman–Crippen MR) is 105 cm³/mol. The number of benzene rings is 2. The summed E-state index contributed by atoms with van der Waals surface area (Å²) >= 11 is 12.6. The SMILES string of the molecule is CN1Cc2c(Cl)cc(Cl)cc2C(c2cccc(CNCP(=O)(O)O)c2)C1. The Bertz CT molecular complexity index is 856. The Kier molecular flexibility index (Phi) is 6.10. The lowest BCUT2D eigenvalue weighted by molar-refractivity contribution is 0.295. The van der Waals surface area contributed by atoms with Gasteiger partial charge in [0.05, 0.1) is 6.29 Å². The molecule has 5 nitrogen and oxygen atoms in total. The van der Waals surface area contributed by atoms with Crippen LogP contribution in [0.3, 0.4) is 0 Å². The van der Waals surface area contributed by atoms with Crippen molar-refractivity contribution in [3.63, 3.8) is 0 Å². The number of hydrogen-bond donors (Lipinski definition) is 3. The van der Waals surface area contributed by atoms with Gasteiger partial charge in [-0.3, -0.25) is 4.57 Å². The third-order valence-corrected chi connectivity index (χ3v) is 5.68. The van der Waals surface area contributed by atoms with E-state index >= 15 is 0 Å². The molecule has 1 aliphatic rings. The van der Waals surface area contributed by atoms with Crippen LogP contribution in [0.15, 0.2) is 36.4 Å². The number of nitrogens with zero attached hydrogens (tertiary/aromatic N) is 1. The average Bonchev–Trinajstić information content (AvgIpc) is 2.54. The topological polar surface area (TPSA) is 72.8 Å². The normalized spacial score (nSPS) is 18.0. The van der Waals surface area contributed by atoms with Crippen molar-refractivity contribution in [3.05, 3.63) is 68.7 Å². The second-order valence-electron chi connectivity index (χ2n) is 6.70. The summed E-state index contributed by atoms with van der Waals surface area (Å²) in [5.41, 5.74) is 4.34. The van der Waals surface area contributed by atoms with Gasteiger partial charge in [-0.15, -0.1) is 0 Å². The summed E-state index contributed by atoms with van der Waals surface area (Å²) < 4.78 is 11.0. The van der Waals surface area contributed by atoms with E-state index in [1.807, 2.05) is 18.2 Å². The molecule has 0 saturated carbocycles. The van der Waals surface area contributed by atoms with Crippen molar-refractivity contribution >= 4 is 30.8 Å². The summed E-state index contributed by atoms with van der Waals surface area (Å²) in [5, 5.41) is 4.11. The van der Waals surface area contributed by atoms with Gasteiger partial charge in [-0.1, -0.05) is 47.5 Å². The van der Waals surface area contributed by atoms with Gasteiger partial charge in [-0.2, -0.15) is 0 Å². The molecule has 0 aromatic heterocycles. The van der Waals surface area contributed by atoms with Crippen molar-refractivity contribution in [2.75, 3.05) is 19.9 Å². The van der Waals surface area contributed by atoms with E-state index in [4.69, 9.17) is 33.0 Å². The number of halogens is 2. The maximum atomic E-state index is 11.0. The molecule has 0 saturated heterocycles. The van der Waals surface area contributed by atoms with E-state index in [2.05, 4.69) is 29.4 Å². The lowest BCUT2D eigenvalue weighted by Crippen LogP contribution is -2.31. The van der Waals surface area contributed by atoms with Gasteiger partial charge in [0.25, 0.3) is 0 Å². The van der Waals surface area contributed by atoms with Crippen molar-refractivity contribution in [3.8, 4) is 0 Å². The highest BCUT2D eigenvalue weighted by molar-refractivity contribution is 7.51. The largest absolute Gasteiger partial charge is 0.339 e. The van der Waals surface area contributed by atoms with Crippen LogP contribution in [0.5, 0.6) is 0 Å². The number of fused-ring (bicyclic) bond motifs is 1. The molecule has 0 radical (unpaired) electrons. The summed E-state index contributed by atoms with van der Waals surface area (Å²) in [7, 11) is -1.99. The van der Waals surface area contributed by atoms with E-state index in [1.54, 1.807) is 6.07 Å². The van der Waals surface area contributed by atoms with Gasteiger partial charge in [0.2, 0.25) is 0 Å². The second kappa shape index (κ2) is 7.99. The molecule has 1 atom stereocenters. The summed E-state index contributed by atoms with van der Waals surface area (Å²) in [4.78, 5) is 20.2. The fourth-order valence-corrected chi connectivity index (χ4v) is 4.37. The Hall–Kier alpha value is -0.910. The Morgan fingerprint density at radius 2 is 2.04 bits per heavy atom. The van der Waals surface area contributed by atoms with Gasteiger partial charge in [0.15, 0.2) is 0 Å². The average molecular weight is 415 g/mol. The molecule has 0 bridgehead atoms. The van der Waals surface area contributed by atoms with E-state index in [1.165, 1.54) is 0 Å². The first-order valence-corrected chi connectivity index (χ1v) is 10.8. The van der Waals surface area contributed by atoms with Crippen LogP contribution in [0.1, 0.15) is 28.2 Å². The van der Waals surface area contributed by atoms with Crippen molar-refractivity contribution in [2.24, 2.45) is 0 Å². The maximum absolute atomic E-state index is 11.0. The summed E-state index contributed by atoms with van der Waals surface area (Å²) in [5.74, 6) is 0.140. The maximum Gasteiger partial charge on any atom is 0.339 e. The zero-order chi connectivity index (χ0) is 18.9. The fraction of sp³-hybridized carbons (Fsp3) is 0.333. The van der Waals surface area contributed by atoms with E-state index in [0.717, 1.165) is 35.3 Å². The molecule has 2 aromatic carbocycles. The zero-order valence-corrected chi connectivity index (χ0v) is 16.7. The first kappa shape index (κ1) is 19.8. The molecular formula is C18H21Cl2N2O3P. The monoisotopic (exact) mass is 414 g/mol. The molecule has 3 rings (SSSR count). The minimum absolute atomic E-state index is 0.140. The van der Waals surface area contributed by atoms with Crippen LogP contribution >= 0.6 is 30.8 Å². The highest BCUT2D eigenvalue weighted by Crippen LogP contribution is 2.38. The minimum Gasteiger partial charge on any atom is -0.324 e. The van der Waals surface area contributed by atoms with Gasteiger partial charge in [0, 0.05) is 35.6 Å². The first-order valence-electron chi connectivity index (χ1n) is 8.23. The Balaban J connectivity index is 1.88. The molecule has 1 unspecified atom stereocenters. The van der Waals surface area contributed by atoms with E-state index < -0.39 is 7.60 Å². The molecule has 1 heterocycles. The van der Waals surface area contributed by atoms with Crippen LogP contribution in [-0.4, -0.2) is 34.6 Å².